The smallest absolute Gasteiger partial charge is 0.330 e. The Hall–Kier alpha value is -4.45. The minimum atomic E-state index is -0.596. The van der Waals surface area contributed by atoms with Crippen LogP contribution in [-0.4, -0.2) is 67.2 Å². The molecule has 43 heavy (non-hydrogen) atoms. The van der Waals surface area contributed by atoms with E-state index in [4.69, 9.17) is 14.5 Å². The highest BCUT2D eigenvalue weighted by atomic mass is 19.1. The van der Waals surface area contributed by atoms with Crippen LogP contribution in [0.15, 0.2) is 42.6 Å². The molecule has 1 aliphatic rings. The van der Waals surface area contributed by atoms with Crippen LogP contribution < -0.4 is 29.9 Å². The van der Waals surface area contributed by atoms with Crippen molar-refractivity contribution < 1.29 is 23.5 Å². The van der Waals surface area contributed by atoms with Gasteiger partial charge < -0.3 is 25.0 Å². The highest BCUT2D eigenvalue weighted by Gasteiger charge is 2.34. The topological polar surface area (TPSA) is 112 Å². The number of aromatic nitrogens is 2. The molecule has 230 valence electrons. The predicted octanol–water partition coefficient (Wildman–Crippen LogP) is 5.27. The van der Waals surface area contributed by atoms with Crippen molar-refractivity contribution in [3.8, 4) is 11.5 Å². The average molecular weight is 594 g/mol. The Morgan fingerprint density at radius 2 is 1.79 bits per heavy atom. The number of rotatable bonds is 14. The number of ether oxygens (including phenoxy) is 2. The second-order valence-electron chi connectivity index (χ2n) is 10.2. The van der Waals surface area contributed by atoms with Crippen molar-refractivity contribution in [3.05, 3.63) is 59.5 Å². The molecule has 2 aromatic carbocycles. The van der Waals surface area contributed by atoms with Gasteiger partial charge in [0.2, 0.25) is 11.9 Å². The third-order valence-electron chi connectivity index (χ3n) is 7.30. The highest BCUT2D eigenvalue weighted by Crippen LogP contribution is 2.35. The normalized spacial score (nSPS) is 12.8. The molecule has 0 saturated heterocycles. The number of hydrogen-bond donors (Lipinski definition) is 2. The van der Waals surface area contributed by atoms with E-state index in [1.54, 1.807) is 49.6 Å². The molecule has 1 aliphatic heterocycles. The zero-order valence-electron chi connectivity index (χ0n) is 25.4. The number of benzene rings is 2. The van der Waals surface area contributed by atoms with E-state index in [1.807, 2.05) is 0 Å². The maximum absolute atomic E-state index is 14.8. The minimum Gasteiger partial charge on any atom is -0.497 e. The number of amides is 3. The molecule has 12 heteroatoms. The summed E-state index contributed by atoms with van der Waals surface area (Å²) in [4.78, 5) is 40.2. The highest BCUT2D eigenvalue weighted by molar-refractivity contribution is 6.05. The Kier molecular flexibility index (Phi) is 10.7. The molecule has 0 aliphatic carbocycles. The molecule has 1 aromatic heterocycles. The van der Waals surface area contributed by atoms with Crippen LogP contribution in [0.3, 0.4) is 0 Å². The summed E-state index contributed by atoms with van der Waals surface area (Å²) in [5.41, 5.74) is 1.89. The maximum Gasteiger partial charge on any atom is 0.330 e. The van der Waals surface area contributed by atoms with Crippen LogP contribution in [0.4, 0.5) is 32.3 Å². The number of nitrogens with zero attached hydrogens (tertiary/aromatic N) is 5. The number of unbranched alkanes of at least 4 members (excludes halogenated alkanes) is 1. The minimum absolute atomic E-state index is 0.0427. The number of methoxy groups -OCH3 is 2. The summed E-state index contributed by atoms with van der Waals surface area (Å²) in [7, 11) is 3.09. The van der Waals surface area contributed by atoms with Crippen molar-refractivity contribution in [3.63, 3.8) is 0 Å². The van der Waals surface area contributed by atoms with Crippen molar-refractivity contribution >= 4 is 35.1 Å². The number of halogens is 1. The number of carbonyl (C=O) groups excluding carboxylic acids is 2. The molecule has 3 aromatic rings. The zero-order valence-corrected chi connectivity index (χ0v) is 25.4. The Labute approximate surface area is 252 Å². The number of hydrogen-bond acceptors (Lipinski definition) is 8. The lowest BCUT2D eigenvalue weighted by Gasteiger charge is -2.36. The largest absolute Gasteiger partial charge is 0.497 e. The van der Waals surface area contributed by atoms with E-state index >= 15 is 0 Å². The number of nitrogens with one attached hydrogen (secondary N) is 2. The first-order chi connectivity index (χ1) is 20.8. The van der Waals surface area contributed by atoms with Gasteiger partial charge in [-0.25, -0.2) is 14.2 Å². The predicted molar refractivity (Wildman–Crippen MR) is 166 cm³/mol. The molecule has 0 bridgehead atoms. The van der Waals surface area contributed by atoms with Gasteiger partial charge in [-0.1, -0.05) is 19.9 Å². The summed E-state index contributed by atoms with van der Waals surface area (Å²) in [5, 5.41) is 5.76. The quantitative estimate of drug-likeness (QED) is 0.243. The summed E-state index contributed by atoms with van der Waals surface area (Å²) >= 11 is 0. The van der Waals surface area contributed by atoms with E-state index in [1.165, 1.54) is 24.0 Å². The monoisotopic (exact) mass is 593 g/mol. The SMILES string of the molecule is CCN(CC)CCCCNc1ncc2c(n1)N(Cc1ccc(NC(C)=O)c(F)c1)C(=O)N(c1cc(OC)cc(OC)c1)C2. The van der Waals surface area contributed by atoms with Crippen LogP contribution in [0.25, 0.3) is 0 Å². The van der Waals surface area contributed by atoms with Gasteiger partial charge >= 0.3 is 6.03 Å². The number of carbonyl (C=O) groups is 2. The van der Waals surface area contributed by atoms with E-state index < -0.39 is 5.82 Å². The van der Waals surface area contributed by atoms with E-state index in [9.17, 15) is 14.0 Å². The lowest BCUT2D eigenvalue weighted by Crippen LogP contribution is -2.47. The van der Waals surface area contributed by atoms with E-state index in [-0.39, 0.29) is 30.7 Å². The van der Waals surface area contributed by atoms with Gasteiger partial charge in [0, 0.05) is 43.4 Å². The van der Waals surface area contributed by atoms with E-state index in [0.717, 1.165) is 38.0 Å². The maximum atomic E-state index is 14.8. The molecule has 0 radical (unpaired) electrons. The summed E-state index contributed by atoms with van der Waals surface area (Å²) in [5.74, 6) is 0.965. The van der Waals surface area contributed by atoms with Crippen molar-refractivity contribution in [2.75, 3.05) is 60.8 Å². The van der Waals surface area contributed by atoms with E-state index in [2.05, 4.69) is 34.4 Å². The molecular formula is C31H40FN7O4. The molecule has 2 N–H and O–H groups in total. The Bertz CT molecular complexity index is 1410. The number of anilines is 4. The van der Waals surface area contributed by atoms with E-state index in [0.29, 0.717) is 41.1 Å². The number of urea groups is 1. The average Bonchev–Trinajstić information content (AvgIpc) is 3.01. The lowest BCUT2D eigenvalue weighted by molar-refractivity contribution is -0.114. The van der Waals surface area contributed by atoms with Gasteiger partial charge in [0.25, 0.3) is 0 Å². The van der Waals surface area contributed by atoms with Gasteiger partial charge in [-0.05, 0) is 50.2 Å². The molecule has 2 heterocycles. The van der Waals surface area contributed by atoms with Crippen molar-refractivity contribution in [1.82, 2.24) is 14.9 Å². The Morgan fingerprint density at radius 3 is 2.42 bits per heavy atom. The van der Waals surface area contributed by atoms with Gasteiger partial charge in [0.1, 0.15) is 23.1 Å². The third-order valence-corrected chi connectivity index (χ3v) is 7.30. The molecule has 0 spiro atoms. The van der Waals surface area contributed by atoms with Crippen molar-refractivity contribution in [2.45, 2.75) is 46.7 Å². The lowest BCUT2D eigenvalue weighted by atomic mass is 10.1. The first kappa shape index (κ1) is 31.5. The van der Waals surface area contributed by atoms with Gasteiger partial charge in [-0.2, -0.15) is 4.98 Å². The van der Waals surface area contributed by atoms with Crippen LogP contribution >= 0.6 is 0 Å². The fraction of sp³-hybridized carbons (Fsp3) is 0.419. The first-order valence-corrected chi connectivity index (χ1v) is 14.5. The molecule has 3 amide bonds. The van der Waals surface area contributed by atoms with Crippen LogP contribution in [-0.2, 0) is 17.9 Å². The van der Waals surface area contributed by atoms with Crippen molar-refractivity contribution in [1.29, 1.82) is 0 Å². The fourth-order valence-electron chi connectivity index (χ4n) is 4.93. The van der Waals surface area contributed by atoms with Crippen LogP contribution in [0, 0.1) is 5.82 Å². The van der Waals surface area contributed by atoms with Gasteiger partial charge in [-0.15, -0.1) is 0 Å². The first-order valence-electron chi connectivity index (χ1n) is 14.5. The third kappa shape index (κ3) is 7.89. The molecule has 0 saturated carbocycles. The zero-order chi connectivity index (χ0) is 30.9. The van der Waals surface area contributed by atoms with Crippen LogP contribution in [0.1, 0.15) is 44.7 Å². The van der Waals surface area contributed by atoms with Crippen LogP contribution in [0.2, 0.25) is 0 Å². The number of fused-ring (bicyclic) bond motifs is 1. The molecular weight excluding hydrogens is 553 g/mol. The molecule has 0 unspecified atom stereocenters. The molecule has 0 fully saturated rings. The molecule has 4 rings (SSSR count). The molecule has 11 nitrogen and oxygen atoms in total. The molecule has 0 atom stereocenters. The Morgan fingerprint density at radius 1 is 1.07 bits per heavy atom. The van der Waals surface area contributed by atoms with Gasteiger partial charge in [0.05, 0.1) is 38.7 Å². The summed E-state index contributed by atoms with van der Waals surface area (Å²) in [6.07, 6.45) is 3.71. The summed E-state index contributed by atoms with van der Waals surface area (Å²) in [6, 6.07) is 9.34. The second-order valence-corrected chi connectivity index (χ2v) is 10.2. The summed E-state index contributed by atoms with van der Waals surface area (Å²) in [6.45, 7) is 9.68. The summed E-state index contributed by atoms with van der Waals surface area (Å²) < 4.78 is 25.7. The Balaban J connectivity index is 1.62. The van der Waals surface area contributed by atoms with Gasteiger partial charge in [0.15, 0.2) is 0 Å². The fourth-order valence-corrected chi connectivity index (χ4v) is 4.93. The standard InChI is InChI=1S/C31H40FN7O4/c1-6-37(7-2)13-9-8-12-33-30-34-18-23-20-38(24-15-25(42-4)17-26(16-24)43-5)31(41)39(29(23)36-30)19-22-10-11-28(27(32)14-22)35-21(3)40/h10-11,14-18H,6-9,12-13,19-20H2,1-5H3,(H,35,40)(H,33,34,36). The van der Waals surface area contributed by atoms with Crippen molar-refractivity contribution in [2.24, 2.45) is 0 Å². The van der Waals surface area contributed by atoms with Crippen LogP contribution in [0.5, 0.6) is 11.5 Å². The van der Waals surface area contributed by atoms with Gasteiger partial charge in [-0.3, -0.25) is 14.6 Å². The second kappa shape index (κ2) is 14.6.